The number of aliphatic hydroxyl groups excluding tert-OH is 1. The Labute approximate surface area is 66.0 Å². The summed E-state index contributed by atoms with van der Waals surface area (Å²) in [5, 5.41) is 8.63. The van der Waals surface area contributed by atoms with Gasteiger partial charge in [-0.3, -0.25) is 4.89 Å². The van der Waals surface area contributed by atoms with Crippen LogP contribution in [0.2, 0.25) is 0 Å². The molecule has 0 aliphatic heterocycles. The molecule has 0 bridgehead atoms. The maximum absolute atomic E-state index is 10.5. The number of hydrogen-bond donors (Lipinski definition) is 1. The van der Waals surface area contributed by atoms with E-state index in [9.17, 15) is 4.79 Å². The Bertz CT molecular complexity index is 120. The summed E-state index contributed by atoms with van der Waals surface area (Å²) >= 11 is 0. The van der Waals surface area contributed by atoms with Crippen molar-refractivity contribution in [3.8, 4) is 0 Å². The van der Waals surface area contributed by atoms with E-state index in [0.717, 1.165) is 0 Å². The molecule has 0 saturated heterocycles. The first-order valence-electron chi connectivity index (χ1n) is 3.55. The monoisotopic (exact) mass is 162 g/mol. The van der Waals surface area contributed by atoms with Crippen LogP contribution >= 0.6 is 0 Å². The highest BCUT2D eigenvalue weighted by atomic mass is 17.2. The van der Waals surface area contributed by atoms with E-state index < -0.39 is 12.1 Å². The van der Waals surface area contributed by atoms with Gasteiger partial charge in [0.1, 0.15) is 0 Å². The minimum Gasteiger partial charge on any atom is -0.382 e. The van der Waals surface area contributed by atoms with Crippen LogP contribution in [0.3, 0.4) is 0 Å². The zero-order chi connectivity index (χ0) is 8.85. The quantitative estimate of drug-likeness (QED) is 0.483. The highest BCUT2D eigenvalue weighted by Gasteiger charge is 2.11. The van der Waals surface area contributed by atoms with Gasteiger partial charge in [0.15, 0.2) is 6.10 Å². The largest absolute Gasteiger partial charge is 0.382 e. The lowest BCUT2D eigenvalue weighted by Gasteiger charge is -2.06. The summed E-state index contributed by atoms with van der Waals surface area (Å²) in [7, 11) is 0. The third-order valence-electron chi connectivity index (χ3n) is 0.884. The van der Waals surface area contributed by atoms with E-state index in [1.807, 2.05) is 13.8 Å². The normalized spacial score (nSPS) is 13.2. The van der Waals surface area contributed by atoms with Crippen molar-refractivity contribution in [1.29, 1.82) is 0 Å². The summed E-state index contributed by atoms with van der Waals surface area (Å²) in [5.74, 6) is -0.456. The van der Waals surface area contributed by atoms with Crippen molar-refractivity contribution in [2.45, 2.75) is 26.9 Å². The van der Waals surface area contributed by atoms with Gasteiger partial charge < -0.3 is 5.11 Å². The van der Waals surface area contributed by atoms with Gasteiger partial charge in [0.05, 0.1) is 6.61 Å². The number of rotatable bonds is 4. The summed E-state index contributed by atoms with van der Waals surface area (Å²) in [6, 6.07) is 0. The lowest BCUT2D eigenvalue weighted by molar-refractivity contribution is -0.282. The molecule has 0 aromatic carbocycles. The number of aliphatic hydroxyl groups is 1. The fourth-order valence-corrected chi connectivity index (χ4v) is 0.298. The van der Waals surface area contributed by atoms with Crippen LogP contribution in [0.4, 0.5) is 0 Å². The maximum atomic E-state index is 10.5. The van der Waals surface area contributed by atoms with Gasteiger partial charge >= 0.3 is 5.97 Å². The second kappa shape index (κ2) is 5.09. The van der Waals surface area contributed by atoms with Crippen LogP contribution in [0.15, 0.2) is 0 Å². The molecule has 0 fully saturated rings. The van der Waals surface area contributed by atoms with Gasteiger partial charge in [0.2, 0.25) is 0 Å². The van der Waals surface area contributed by atoms with Crippen LogP contribution in [0.25, 0.3) is 0 Å². The van der Waals surface area contributed by atoms with E-state index in [1.165, 1.54) is 6.92 Å². The van der Waals surface area contributed by atoms with E-state index in [1.54, 1.807) is 0 Å². The van der Waals surface area contributed by atoms with Gasteiger partial charge in [-0.2, -0.15) is 4.89 Å². The Balaban J connectivity index is 3.32. The molecule has 66 valence electrons. The molecular formula is C7H14O4. The molecule has 0 rings (SSSR count). The van der Waals surface area contributed by atoms with Crippen molar-refractivity contribution in [2.24, 2.45) is 5.92 Å². The Morgan fingerprint density at radius 2 is 2.00 bits per heavy atom. The lowest BCUT2D eigenvalue weighted by Crippen LogP contribution is -2.20. The minimum atomic E-state index is -1.12. The highest BCUT2D eigenvalue weighted by Crippen LogP contribution is 1.94. The van der Waals surface area contributed by atoms with E-state index >= 15 is 0 Å². The molecule has 4 nitrogen and oxygen atoms in total. The average Bonchev–Trinajstić information content (AvgIpc) is 1.86. The van der Waals surface area contributed by atoms with Gasteiger partial charge in [-0.1, -0.05) is 13.8 Å². The SMILES string of the molecule is CC(C)COOC(=O)C(C)O. The Kier molecular flexibility index (Phi) is 4.81. The molecule has 1 atom stereocenters. The molecule has 0 aliphatic carbocycles. The average molecular weight is 162 g/mol. The van der Waals surface area contributed by atoms with Crippen molar-refractivity contribution in [1.82, 2.24) is 0 Å². The lowest BCUT2D eigenvalue weighted by atomic mass is 10.2. The smallest absolute Gasteiger partial charge is 0.370 e. The zero-order valence-corrected chi connectivity index (χ0v) is 7.03. The Morgan fingerprint density at radius 1 is 1.45 bits per heavy atom. The predicted octanol–water partition coefficient (Wildman–Crippen LogP) is 0.498. The van der Waals surface area contributed by atoms with Gasteiger partial charge in [0, 0.05) is 0 Å². The van der Waals surface area contributed by atoms with E-state index in [0.29, 0.717) is 12.5 Å². The molecule has 4 heteroatoms. The van der Waals surface area contributed by atoms with Gasteiger partial charge in [-0.15, -0.1) is 0 Å². The van der Waals surface area contributed by atoms with Gasteiger partial charge in [-0.05, 0) is 12.8 Å². The third kappa shape index (κ3) is 5.82. The Morgan fingerprint density at radius 3 is 2.36 bits per heavy atom. The molecule has 0 aliphatic rings. The Hall–Kier alpha value is -0.610. The second-order valence-electron chi connectivity index (χ2n) is 2.76. The molecule has 1 N–H and O–H groups in total. The molecule has 0 saturated carbocycles. The van der Waals surface area contributed by atoms with Crippen molar-refractivity contribution in [3.05, 3.63) is 0 Å². The molecule has 0 amide bonds. The fraction of sp³-hybridized carbons (Fsp3) is 0.857. The van der Waals surface area contributed by atoms with Crippen LogP contribution in [-0.4, -0.2) is 23.8 Å². The van der Waals surface area contributed by atoms with Crippen LogP contribution < -0.4 is 0 Å². The first-order chi connectivity index (χ1) is 5.04. The first kappa shape index (κ1) is 10.4. The molecular weight excluding hydrogens is 148 g/mol. The maximum Gasteiger partial charge on any atom is 0.370 e. The van der Waals surface area contributed by atoms with Gasteiger partial charge in [-0.25, -0.2) is 4.79 Å². The van der Waals surface area contributed by atoms with Crippen LogP contribution in [0.1, 0.15) is 20.8 Å². The van der Waals surface area contributed by atoms with Crippen molar-refractivity contribution >= 4 is 5.97 Å². The number of hydrogen-bond acceptors (Lipinski definition) is 4. The number of carbonyl (C=O) groups excluding carboxylic acids is 1. The first-order valence-corrected chi connectivity index (χ1v) is 3.55. The molecule has 0 radical (unpaired) electrons. The summed E-state index contributed by atoms with van der Waals surface area (Å²) in [6.07, 6.45) is -1.12. The standard InChI is InChI=1S/C7H14O4/c1-5(2)4-10-11-7(9)6(3)8/h5-6,8H,4H2,1-3H3. The molecule has 1 unspecified atom stereocenters. The van der Waals surface area contributed by atoms with E-state index in [-0.39, 0.29) is 0 Å². The van der Waals surface area contributed by atoms with Crippen LogP contribution in [0, 0.1) is 5.92 Å². The summed E-state index contributed by atoms with van der Waals surface area (Å²) in [6.45, 7) is 5.52. The van der Waals surface area contributed by atoms with Crippen molar-refractivity contribution in [3.63, 3.8) is 0 Å². The molecule has 11 heavy (non-hydrogen) atoms. The number of carbonyl (C=O) groups is 1. The molecule has 0 aromatic heterocycles. The van der Waals surface area contributed by atoms with E-state index in [4.69, 9.17) is 5.11 Å². The molecule has 0 aromatic rings. The van der Waals surface area contributed by atoms with Gasteiger partial charge in [0.25, 0.3) is 0 Å². The highest BCUT2D eigenvalue weighted by molar-refractivity contribution is 5.73. The fourth-order valence-electron chi connectivity index (χ4n) is 0.298. The third-order valence-corrected chi connectivity index (χ3v) is 0.884. The predicted molar refractivity (Wildman–Crippen MR) is 38.6 cm³/mol. The van der Waals surface area contributed by atoms with Crippen LogP contribution in [0.5, 0.6) is 0 Å². The summed E-state index contributed by atoms with van der Waals surface area (Å²) in [5.41, 5.74) is 0. The minimum absolute atomic E-state index is 0.303. The molecule has 0 spiro atoms. The summed E-state index contributed by atoms with van der Waals surface area (Å²) in [4.78, 5) is 19.3. The second-order valence-corrected chi connectivity index (χ2v) is 2.76. The zero-order valence-electron chi connectivity index (χ0n) is 7.03. The van der Waals surface area contributed by atoms with Crippen LogP contribution in [-0.2, 0) is 14.6 Å². The van der Waals surface area contributed by atoms with Crippen molar-refractivity contribution < 1.29 is 19.7 Å². The van der Waals surface area contributed by atoms with Crippen molar-refractivity contribution in [2.75, 3.05) is 6.61 Å². The van der Waals surface area contributed by atoms with E-state index in [2.05, 4.69) is 9.78 Å². The summed E-state index contributed by atoms with van der Waals surface area (Å²) < 4.78 is 0. The molecule has 0 heterocycles. The topological polar surface area (TPSA) is 55.8 Å².